The van der Waals surface area contributed by atoms with Crippen molar-refractivity contribution >= 4 is 5.90 Å². The molecule has 0 amide bonds. The number of phenolic OH excluding ortho intramolecular Hbond substituents is 1. The molecule has 6 nitrogen and oxygen atoms in total. The summed E-state index contributed by atoms with van der Waals surface area (Å²) in [5, 5.41) is 37.1. The third-order valence-electron chi connectivity index (χ3n) is 6.77. The van der Waals surface area contributed by atoms with E-state index in [-0.39, 0.29) is 29.0 Å². The van der Waals surface area contributed by atoms with E-state index in [1.54, 1.807) is 12.1 Å². The molecule has 1 spiro atoms. The average molecular weight is 342 g/mol. The molecule has 25 heavy (non-hydrogen) atoms. The monoisotopic (exact) mass is 342 g/mol. The summed E-state index contributed by atoms with van der Waals surface area (Å²) in [6.07, 6.45) is 4.34. The lowest BCUT2D eigenvalue weighted by molar-refractivity contribution is -0.951. The maximum atomic E-state index is 11.8. The molecule has 5 rings (SSSR count). The van der Waals surface area contributed by atoms with Crippen LogP contribution in [0.4, 0.5) is 0 Å². The zero-order valence-electron chi connectivity index (χ0n) is 14.3. The van der Waals surface area contributed by atoms with Crippen molar-refractivity contribution in [2.75, 3.05) is 13.6 Å². The van der Waals surface area contributed by atoms with Gasteiger partial charge in [-0.05, 0) is 18.6 Å². The van der Waals surface area contributed by atoms with Crippen LogP contribution in [-0.2, 0) is 11.8 Å². The Hall–Kier alpha value is -2.05. The van der Waals surface area contributed by atoms with Crippen molar-refractivity contribution in [3.63, 3.8) is 0 Å². The van der Waals surface area contributed by atoms with Crippen LogP contribution in [0.15, 0.2) is 29.4 Å². The lowest BCUT2D eigenvalue weighted by Gasteiger charge is -2.57. The minimum absolute atomic E-state index is 0.121. The number of aromatic hydroxyl groups is 1. The topological polar surface area (TPSA) is 85.1 Å². The van der Waals surface area contributed by atoms with Gasteiger partial charge in [0, 0.05) is 30.2 Å². The Morgan fingerprint density at radius 3 is 2.96 bits per heavy atom. The van der Waals surface area contributed by atoms with Crippen molar-refractivity contribution in [3.05, 3.63) is 35.4 Å². The third-order valence-corrected chi connectivity index (χ3v) is 6.77. The summed E-state index contributed by atoms with van der Waals surface area (Å²) in [5.74, 6) is 0.643. The molecule has 6 atom stereocenters. The van der Waals surface area contributed by atoms with Crippen molar-refractivity contribution in [2.45, 2.75) is 43.4 Å². The number of benzene rings is 1. The highest BCUT2D eigenvalue weighted by atomic mass is 16.5. The average Bonchev–Trinajstić information content (AvgIpc) is 2.91. The fourth-order valence-electron chi connectivity index (χ4n) is 5.85. The molecule has 2 heterocycles. The SMILES string of the molecule is C/C([O-])=N\[N@+]1(C)CC[C@]23c4c5ccc(O)c4O[C@H]2[C@@H](O)C=C[C@H]3[C@H]1C5. The highest BCUT2D eigenvalue weighted by Gasteiger charge is 2.68. The number of likely N-dealkylation sites (tertiary alicyclic amines) is 1. The number of nitrogens with zero attached hydrogens (tertiary/aromatic N) is 2. The summed E-state index contributed by atoms with van der Waals surface area (Å²) >= 11 is 0. The van der Waals surface area contributed by atoms with Crippen LogP contribution in [-0.4, -0.2) is 52.5 Å². The minimum Gasteiger partial charge on any atom is -0.858 e. The van der Waals surface area contributed by atoms with Gasteiger partial charge in [0.25, 0.3) is 0 Å². The van der Waals surface area contributed by atoms with Gasteiger partial charge in [0.05, 0.1) is 12.5 Å². The minimum atomic E-state index is -0.698. The Labute approximate surface area is 146 Å². The molecule has 1 aromatic carbocycles. The summed E-state index contributed by atoms with van der Waals surface area (Å²) < 4.78 is 6.48. The van der Waals surface area contributed by atoms with Crippen molar-refractivity contribution in [1.29, 1.82) is 0 Å². The Morgan fingerprint density at radius 2 is 2.20 bits per heavy atom. The lowest BCUT2D eigenvalue weighted by atomic mass is 9.53. The molecule has 2 N–H and O–H groups in total. The number of hydrogen-bond acceptors (Lipinski definition) is 5. The van der Waals surface area contributed by atoms with E-state index in [0.29, 0.717) is 10.3 Å². The number of likely N-dealkylation sites (N-methyl/N-ethyl adjacent to an activating group) is 1. The van der Waals surface area contributed by atoms with Gasteiger partial charge in [-0.2, -0.15) is 4.59 Å². The Bertz CT molecular complexity index is 831. The molecule has 0 aromatic heterocycles. The number of aliphatic hydroxyl groups excluding tert-OH is 1. The van der Waals surface area contributed by atoms with Crippen LogP contribution in [0.3, 0.4) is 0 Å². The summed E-state index contributed by atoms with van der Waals surface area (Å²) in [7, 11) is 2.02. The quantitative estimate of drug-likeness (QED) is 0.335. The number of piperidine rings is 1. The standard InChI is InChI=1S/C19H22N2O4/c1-10(22)20-21(2)8-7-19-12-4-6-15(24)18(19)25-17-14(23)5-3-11(16(17)19)9-13(12)21/h3-6,12-13,15,18,24H,7-9H2,1-2H3,(H-,20,22,23)/t12-,13+,15-,18-,19-,21+/m0/s1. The van der Waals surface area contributed by atoms with Crippen molar-refractivity contribution in [3.8, 4) is 11.5 Å². The zero-order valence-corrected chi connectivity index (χ0v) is 14.3. The maximum absolute atomic E-state index is 11.8. The van der Waals surface area contributed by atoms with Crippen LogP contribution in [0.1, 0.15) is 24.5 Å². The molecule has 2 aliphatic carbocycles. The molecule has 1 aromatic rings. The van der Waals surface area contributed by atoms with E-state index < -0.39 is 12.2 Å². The highest BCUT2D eigenvalue weighted by Crippen LogP contribution is 2.63. The number of phenols is 1. The first-order valence-electron chi connectivity index (χ1n) is 8.84. The first-order chi connectivity index (χ1) is 11.9. The predicted molar refractivity (Wildman–Crippen MR) is 89.1 cm³/mol. The lowest BCUT2D eigenvalue weighted by Crippen LogP contribution is -2.69. The third kappa shape index (κ3) is 1.69. The van der Waals surface area contributed by atoms with E-state index in [2.05, 4.69) is 11.2 Å². The van der Waals surface area contributed by atoms with Gasteiger partial charge in [-0.1, -0.05) is 18.2 Å². The van der Waals surface area contributed by atoms with E-state index >= 15 is 0 Å². The predicted octanol–water partition coefficient (Wildman–Crippen LogP) is 0.407. The molecule has 2 aliphatic heterocycles. The van der Waals surface area contributed by atoms with E-state index in [1.165, 1.54) is 6.92 Å². The normalized spacial score (nSPS) is 43.6. The van der Waals surface area contributed by atoms with Crippen LogP contribution in [0.25, 0.3) is 0 Å². The first kappa shape index (κ1) is 15.2. The highest BCUT2D eigenvalue weighted by molar-refractivity contribution is 5.67. The second kappa shape index (κ2) is 4.56. The van der Waals surface area contributed by atoms with Gasteiger partial charge in [-0.25, -0.2) is 0 Å². The van der Waals surface area contributed by atoms with Crippen molar-refractivity contribution in [1.82, 2.24) is 0 Å². The number of quaternary nitrogens is 1. The van der Waals surface area contributed by atoms with Crippen molar-refractivity contribution in [2.24, 2.45) is 11.0 Å². The maximum Gasteiger partial charge on any atom is 0.165 e. The van der Waals surface area contributed by atoms with Crippen molar-refractivity contribution < 1.29 is 24.6 Å². The van der Waals surface area contributed by atoms with Gasteiger partial charge in [0.15, 0.2) is 11.5 Å². The number of ether oxygens (including phenoxy) is 1. The number of rotatable bonds is 1. The Balaban J connectivity index is 1.77. The van der Waals surface area contributed by atoms with Gasteiger partial charge < -0.3 is 20.1 Å². The van der Waals surface area contributed by atoms with E-state index in [4.69, 9.17) is 4.74 Å². The molecule has 0 saturated carbocycles. The van der Waals surface area contributed by atoms with Gasteiger partial charge in [-0.15, -0.1) is 5.10 Å². The largest absolute Gasteiger partial charge is 0.858 e. The van der Waals surface area contributed by atoms with Gasteiger partial charge in [0.1, 0.15) is 24.8 Å². The zero-order chi connectivity index (χ0) is 17.6. The second-order valence-electron chi connectivity index (χ2n) is 8.01. The van der Waals surface area contributed by atoms with Crippen LogP contribution in [0.2, 0.25) is 0 Å². The fraction of sp³-hybridized carbons (Fsp3) is 0.526. The molecule has 6 heteroatoms. The smallest absolute Gasteiger partial charge is 0.165 e. The summed E-state index contributed by atoms with van der Waals surface area (Å²) in [6.45, 7) is 2.22. The molecular weight excluding hydrogens is 320 g/mol. The Morgan fingerprint density at radius 1 is 1.40 bits per heavy atom. The number of hydrogen-bond donors (Lipinski definition) is 2. The molecule has 0 radical (unpaired) electrons. The van der Waals surface area contributed by atoms with E-state index in [1.807, 2.05) is 13.1 Å². The molecular formula is C19H22N2O4. The van der Waals surface area contributed by atoms with E-state index in [9.17, 15) is 15.3 Å². The molecule has 4 aliphatic rings. The Kier molecular flexibility index (Phi) is 2.78. The summed E-state index contributed by atoms with van der Waals surface area (Å²) in [4.78, 5) is 0. The number of aliphatic hydroxyl groups is 1. The van der Waals surface area contributed by atoms with Gasteiger partial charge >= 0.3 is 0 Å². The van der Waals surface area contributed by atoms with Gasteiger partial charge in [-0.3, -0.25) is 0 Å². The molecule has 1 saturated heterocycles. The van der Waals surface area contributed by atoms with E-state index in [0.717, 1.165) is 30.5 Å². The fourth-order valence-corrected chi connectivity index (χ4v) is 5.85. The molecule has 1 fully saturated rings. The van der Waals surface area contributed by atoms with Crippen LogP contribution >= 0.6 is 0 Å². The molecule has 132 valence electrons. The second-order valence-corrected chi connectivity index (χ2v) is 8.01. The molecule has 2 bridgehead atoms. The van der Waals surface area contributed by atoms with Crippen LogP contribution in [0.5, 0.6) is 11.5 Å². The van der Waals surface area contributed by atoms with Crippen LogP contribution < -0.4 is 9.84 Å². The summed E-state index contributed by atoms with van der Waals surface area (Å²) in [6, 6.07) is 3.75. The summed E-state index contributed by atoms with van der Waals surface area (Å²) in [5.41, 5.74) is 1.86. The first-order valence-corrected chi connectivity index (χ1v) is 8.84. The van der Waals surface area contributed by atoms with Crippen LogP contribution in [0, 0.1) is 5.92 Å². The van der Waals surface area contributed by atoms with Gasteiger partial charge in [0.2, 0.25) is 0 Å². The molecule has 0 unspecified atom stereocenters.